The summed E-state index contributed by atoms with van der Waals surface area (Å²) >= 11 is 0. The predicted octanol–water partition coefficient (Wildman–Crippen LogP) is 3.61. The van der Waals surface area contributed by atoms with Crippen LogP contribution in [-0.2, 0) is 4.74 Å². The van der Waals surface area contributed by atoms with E-state index in [9.17, 15) is 29.0 Å². The maximum atomic E-state index is 14.4. The summed E-state index contributed by atoms with van der Waals surface area (Å²) in [6.07, 6.45) is 0.643. The number of benzene rings is 3. The third kappa shape index (κ3) is 7.04. The van der Waals surface area contributed by atoms with Crippen molar-refractivity contribution in [2.75, 3.05) is 20.2 Å². The first-order valence-electron chi connectivity index (χ1n) is 12.0. The van der Waals surface area contributed by atoms with E-state index in [0.29, 0.717) is 25.1 Å². The van der Waals surface area contributed by atoms with Gasteiger partial charge in [-0.05, 0) is 55.8 Å². The molecule has 1 aliphatic rings. The predicted molar refractivity (Wildman–Crippen MR) is 142 cm³/mol. The number of phenols is 2. The number of amides is 1. The van der Waals surface area contributed by atoms with Crippen LogP contribution in [0.25, 0.3) is 0 Å². The summed E-state index contributed by atoms with van der Waals surface area (Å²) in [5.41, 5.74) is 0.0939. The van der Waals surface area contributed by atoms with Gasteiger partial charge in [0.2, 0.25) is 0 Å². The van der Waals surface area contributed by atoms with Crippen molar-refractivity contribution in [2.45, 2.75) is 25.0 Å². The van der Waals surface area contributed by atoms with Crippen LogP contribution in [0.3, 0.4) is 0 Å². The van der Waals surface area contributed by atoms with E-state index in [2.05, 4.69) is 10.6 Å². The zero-order valence-corrected chi connectivity index (χ0v) is 21.8. The lowest BCUT2D eigenvalue weighted by Crippen LogP contribution is -2.49. The third-order valence-corrected chi connectivity index (χ3v) is 6.25. The minimum absolute atomic E-state index is 0. The van der Waals surface area contributed by atoms with Gasteiger partial charge in [0.25, 0.3) is 5.91 Å². The summed E-state index contributed by atoms with van der Waals surface area (Å²) in [4.78, 5) is 38.4. The molecule has 0 radical (unpaired) electrons. The van der Waals surface area contributed by atoms with Crippen molar-refractivity contribution in [3.63, 3.8) is 0 Å². The molecule has 2 atom stereocenters. The molecule has 1 heterocycles. The van der Waals surface area contributed by atoms with Gasteiger partial charge >= 0.3 is 5.97 Å². The minimum Gasteiger partial charge on any atom is -0.508 e. The van der Waals surface area contributed by atoms with E-state index in [-0.39, 0.29) is 40.9 Å². The average molecular weight is 559 g/mol. The third-order valence-electron chi connectivity index (χ3n) is 6.25. The van der Waals surface area contributed by atoms with Crippen LogP contribution in [0.2, 0.25) is 0 Å². The minimum atomic E-state index is -0.933. The van der Waals surface area contributed by atoms with Crippen LogP contribution < -0.4 is 15.4 Å². The number of ketones is 1. The highest BCUT2D eigenvalue weighted by molar-refractivity contribution is 6.11. The van der Waals surface area contributed by atoms with Gasteiger partial charge in [0.05, 0.1) is 18.7 Å². The fourth-order valence-electron chi connectivity index (χ4n) is 4.19. The zero-order valence-electron chi connectivity index (χ0n) is 21.0. The lowest BCUT2D eigenvalue weighted by molar-refractivity contribution is 0.0192. The van der Waals surface area contributed by atoms with Crippen molar-refractivity contribution in [1.82, 2.24) is 10.6 Å². The zero-order chi connectivity index (χ0) is 27.2. The van der Waals surface area contributed by atoms with E-state index in [1.54, 1.807) is 0 Å². The number of carbonyl (C=O) groups excluding carboxylic acids is 3. The monoisotopic (exact) mass is 558 g/mol. The molecule has 0 saturated carbocycles. The smallest absolute Gasteiger partial charge is 0.338 e. The van der Waals surface area contributed by atoms with E-state index >= 15 is 0 Å². The highest BCUT2D eigenvalue weighted by atomic mass is 35.5. The van der Waals surface area contributed by atoms with E-state index in [0.717, 1.165) is 18.6 Å². The summed E-state index contributed by atoms with van der Waals surface area (Å²) < 4.78 is 25.0. The van der Waals surface area contributed by atoms with E-state index in [4.69, 9.17) is 9.47 Å². The van der Waals surface area contributed by atoms with Crippen LogP contribution in [0, 0.1) is 5.82 Å². The Morgan fingerprint density at radius 3 is 2.26 bits per heavy atom. The molecule has 0 unspecified atom stereocenters. The highest BCUT2D eigenvalue weighted by Gasteiger charge is 2.29. The Hall–Kier alpha value is -4.15. The molecule has 39 heavy (non-hydrogen) atoms. The molecule has 0 aliphatic carbocycles. The number of rotatable bonds is 7. The van der Waals surface area contributed by atoms with Gasteiger partial charge in [-0.2, -0.15) is 0 Å². The summed E-state index contributed by atoms with van der Waals surface area (Å²) in [6.45, 7) is 1.09. The van der Waals surface area contributed by atoms with Crippen molar-refractivity contribution in [3.05, 3.63) is 88.7 Å². The summed E-state index contributed by atoms with van der Waals surface area (Å²) in [5, 5.41) is 25.6. The van der Waals surface area contributed by atoms with Crippen LogP contribution in [-0.4, -0.2) is 60.2 Å². The van der Waals surface area contributed by atoms with Crippen molar-refractivity contribution >= 4 is 30.1 Å². The molecule has 9 nitrogen and oxygen atoms in total. The van der Waals surface area contributed by atoms with Gasteiger partial charge in [0, 0.05) is 29.8 Å². The number of hydrogen-bond donors (Lipinski definition) is 4. The Bertz CT molecular complexity index is 1310. The molecular formula is C28H28ClFN2O7. The molecule has 0 bridgehead atoms. The Labute approximate surface area is 230 Å². The van der Waals surface area contributed by atoms with Crippen LogP contribution in [0.1, 0.15) is 49.5 Å². The van der Waals surface area contributed by atoms with Gasteiger partial charge in [0.1, 0.15) is 34.7 Å². The van der Waals surface area contributed by atoms with Crippen molar-refractivity contribution in [2.24, 2.45) is 0 Å². The van der Waals surface area contributed by atoms with E-state index in [1.807, 2.05) is 0 Å². The lowest BCUT2D eigenvalue weighted by atomic mass is 10.0. The molecule has 0 aromatic heterocycles. The Morgan fingerprint density at radius 2 is 1.62 bits per heavy atom. The standard InChI is InChI=1S/C28H27FN2O7.ClH/c1-37-20-13-21(29)25(23(33)14-20)26(34)16-4-6-18(7-5-16)28(36)38-24-3-2-12-30-15-22(24)31-27(35)17-8-10-19(32)11-9-17;/h4-11,13-14,22,24,30,32-33H,2-3,12,15H2,1H3,(H,31,35);1H/t22-,24-;/m1./s1. The molecule has 1 aliphatic heterocycles. The van der Waals surface area contributed by atoms with Crippen LogP contribution in [0.4, 0.5) is 4.39 Å². The molecule has 1 fully saturated rings. The molecule has 0 spiro atoms. The quantitative estimate of drug-likeness (QED) is 0.255. The molecule has 3 aromatic carbocycles. The summed E-state index contributed by atoms with van der Waals surface area (Å²) in [5.74, 6) is -3.14. The van der Waals surface area contributed by atoms with Crippen LogP contribution in [0.15, 0.2) is 60.7 Å². The highest BCUT2D eigenvalue weighted by Crippen LogP contribution is 2.29. The Balaban J connectivity index is 0.00000420. The maximum Gasteiger partial charge on any atom is 0.338 e. The van der Waals surface area contributed by atoms with Crippen LogP contribution >= 0.6 is 12.4 Å². The van der Waals surface area contributed by atoms with Crippen LogP contribution in [0.5, 0.6) is 17.2 Å². The topological polar surface area (TPSA) is 134 Å². The summed E-state index contributed by atoms with van der Waals surface area (Å²) in [6, 6.07) is 12.9. The summed E-state index contributed by atoms with van der Waals surface area (Å²) in [7, 11) is 1.31. The molecule has 1 saturated heterocycles. The second-order valence-corrected chi connectivity index (χ2v) is 8.83. The molecule has 3 aromatic rings. The van der Waals surface area contributed by atoms with Gasteiger partial charge < -0.3 is 30.3 Å². The van der Waals surface area contributed by atoms with Crippen molar-refractivity contribution < 1.29 is 38.5 Å². The average Bonchev–Trinajstić information content (AvgIpc) is 3.13. The van der Waals surface area contributed by atoms with Gasteiger partial charge in [-0.3, -0.25) is 9.59 Å². The van der Waals surface area contributed by atoms with Gasteiger partial charge in [-0.1, -0.05) is 12.1 Å². The number of phenolic OH excluding ortho intramolecular Hbond substituents is 2. The Kier molecular flexibility index (Phi) is 9.86. The van der Waals surface area contributed by atoms with E-state index in [1.165, 1.54) is 55.6 Å². The van der Waals surface area contributed by atoms with Crippen molar-refractivity contribution in [1.29, 1.82) is 0 Å². The molecule has 11 heteroatoms. The number of aromatic hydroxyl groups is 2. The van der Waals surface area contributed by atoms with Crippen molar-refractivity contribution in [3.8, 4) is 17.2 Å². The Morgan fingerprint density at radius 1 is 0.974 bits per heavy atom. The largest absolute Gasteiger partial charge is 0.508 e. The number of nitrogens with one attached hydrogen (secondary N) is 2. The van der Waals surface area contributed by atoms with Gasteiger partial charge in [-0.15, -0.1) is 12.4 Å². The fourth-order valence-corrected chi connectivity index (χ4v) is 4.19. The molecular weight excluding hydrogens is 531 g/mol. The first kappa shape index (κ1) is 29.4. The number of ether oxygens (including phenoxy) is 2. The second-order valence-electron chi connectivity index (χ2n) is 8.83. The number of carbonyl (C=O) groups is 3. The van der Waals surface area contributed by atoms with Gasteiger partial charge in [0.15, 0.2) is 5.78 Å². The molecule has 4 N–H and O–H groups in total. The second kappa shape index (κ2) is 13.1. The lowest BCUT2D eigenvalue weighted by Gasteiger charge is -2.26. The van der Waals surface area contributed by atoms with Gasteiger partial charge in [-0.25, -0.2) is 9.18 Å². The number of hydrogen-bond acceptors (Lipinski definition) is 8. The molecule has 4 rings (SSSR count). The van der Waals surface area contributed by atoms with E-state index < -0.39 is 41.0 Å². The fraction of sp³-hybridized carbons (Fsp3) is 0.250. The molecule has 206 valence electrons. The SMILES string of the molecule is COc1cc(O)c(C(=O)c2ccc(C(=O)O[C@@H]3CCCNC[C@H]3NC(=O)c3ccc(O)cc3)cc2)c(F)c1.Cl. The number of halogens is 2. The first-order valence-corrected chi connectivity index (χ1v) is 12.0. The molecule has 1 amide bonds. The number of esters is 1. The normalized spacial score (nSPS) is 16.8. The first-order chi connectivity index (χ1) is 18.3. The maximum absolute atomic E-state index is 14.4. The number of methoxy groups -OCH3 is 1.